The van der Waals surface area contributed by atoms with Crippen LogP contribution in [0.25, 0.3) is 21.9 Å². The first-order valence-electron chi connectivity index (χ1n) is 16.7. The van der Waals surface area contributed by atoms with Crippen LogP contribution in [0.2, 0.25) is 0 Å². The molecular formula is C35H47N7O5S. The number of rotatable bonds is 14. The number of unbranched alkanes of at least 4 members (excludes halogenated alkanes) is 1. The molecule has 12 nitrogen and oxygen atoms in total. The van der Waals surface area contributed by atoms with E-state index in [0.29, 0.717) is 70.0 Å². The van der Waals surface area contributed by atoms with Gasteiger partial charge in [0.2, 0.25) is 15.9 Å². The molecular weight excluding hydrogens is 630 g/mol. The minimum Gasteiger partial charge on any atom is -0.469 e. The lowest BCUT2D eigenvalue weighted by Gasteiger charge is -2.27. The number of anilines is 1. The highest BCUT2D eigenvalue weighted by molar-refractivity contribution is 7.88. The van der Waals surface area contributed by atoms with Crippen LogP contribution < -0.4 is 5.73 Å². The molecule has 0 radical (unpaired) electrons. The third-order valence-corrected chi connectivity index (χ3v) is 10.3. The van der Waals surface area contributed by atoms with E-state index in [1.807, 2.05) is 52.3 Å². The van der Waals surface area contributed by atoms with Gasteiger partial charge < -0.3 is 19.9 Å². The van der Waals surface area contributed by atoms with E-state index >= 15 is 0 Å². The van der Waals surface area contributed by atoms with Gasteiger partial charge in [0.25, 0.3) is 0 Å². The van der Waals surface area contributed by atoms with Crippen LogP contribution in [0.4, 0.5) is 5.82 Å². The molecule has 5 rings (SSSR count). The molecule has 2 aromatic carbocycles. The lowest BCUT2D eigenvalue weighted by Crippen LogP contribution is -2.42. The normalized spacial score (nSPS) is 14.7. The van der Waals surface area contributed by atoms with Crippen molar-refractivity contribution < 1.29 is 22.7 Å². The molecule has 0 spiro atoms. The number of para-hydroxylation sites is 1. The quantitative estimate of drug-likeness (QED) is 0.198. The number of carbonyl (C=O) groups is 2. The number of hydrogen-bond acceptors (Lipinski definition) is 9. The van der Waals surface area contributed by atoms with Gasteiger partial charge in [0.15, 0.2) is 5.82 Å². The molecule has 1 saturated heterocycles. The zero-order valence-electron chi connectivity index (χ0n) is 28.2. The highest BCUT2D eigenvalue weighted by atomic mass is 32.2. The average Bonchev–Trinajstić information content (AvgIpc) is 3.25. The number of pyridine rings is 1. The summed E-state index contributed by atoms with van der Waals surface area (Å²) >= 11 is 0. The number of benzene rings is 2. The molecule has 1 amide bonds. The fourth-order valence-corrected chi connectivity index (χ4v) is 7.21. The summed E-state index contributed by atoms with van der Waals surface area (Å²) in [7, 11) is -1.91. The van der Waals surface area contributed by atoms with Crippen molar-refractivity contribution >= 4 is 49.7 Å². The molecule has 4 aromatic rings. The molecule has 258 valence electrons. The summed E-state index contributed by atoms with van der Waals surface area (Å²) in [5, 5.41) is 1.00. The van der Waals surface area contributed by atoms with Gasteiger partial charge in [-0.1, -0.05) is 55.8 Å². The fourth-order valence-electron chi connectivity index (χ4n) is 6.33. The minimum atomic E-state index is -3.28. The van der Waals surface area contributed by atoms with Crippen LogP contribution in [0.3, 0.4) is 0 Å². The predicted octanol–water partition coefficient (Wildman–Crippen LogP) is 3.61. The average molecular weight is 678 g/mol. The molecule has 1 fully saturated rings. The van der Waals surface area contributed by atoms with Crippen molar-refractivity contribution in [3.8, 4) is 0 Å². The number of nitrogens with two attached hydrogens (primary N) is 1. The number of fused-ring (bicyclic) bond motifs is 3. The van der Waals surface area contributed by atoms with Crippen molar-refractivity contribution in [3.05, 3.63) is 65.5 Å². The van der Waals surface area contributed by atoms with E-state index in [-0.39, 0.29) is 24.8 Å². The number of imidazole rings is 1. The molecule has 0 unspecified atom stereocenters. The summed E-state index contributed by atoms with van der Waals surface area (Å²) in [6.07, 6.45) is 5.63. The van der Waals surface area contributed by atoms with Gasteiger partial charge in [-0.25, -0.2) is 22.7 Å². The Morgan fingerprint density at radius 3 is 2.46 bits per heavy atom. The topological polar surface area (TPSA) is 144 Å². The number of aromatic nitrogens is 3. The first kappa shape index (κ1) is 35.2. The number of nitrogens with zero attached hydrogens (tertiary/aromatic N) is 6. The standard InChI is InChI=1S/C35H47N7O5S/c1-4-5-12-30-38-33-34(28-10-6-7-11-29(28)37-35(33)36)42(30)20-9-18-40(24-27-15-13-26(14-16-27)23-32(44)47-2)31(43)25-39-17-8-19-41(22-21-39)48(3,45)46/h6-7,10-11,13-16H,4-5,8-9,12,17-25H2,1-3H3,(H2,36,37). The van der Waals surface area contributed by atoms with E-state index in [1.54, 1.807) is 0 Å². The maximum atomic E-state index is 13.9. The molecule has 1 aliphatic rings. The van der Waals surface area contributed by atoms with Crippen LogP contribution in [0.5, 0.6) is 0 Å². The maximum Gasteiger partial charge on any atom is 0.309 e. The predicted molar refractivity (Wildman–Crippen MR) is 188 cm³/mol. The number of sulfonamides is 1. The highest BCUT2D eigenvalue weighted by Crippen LogP contribution is 2.29. The van der Waals surface area contributed by atoms with Gasteiger partial charge in [-0.3, -0.25) is 14.5 Å². The Morgan fingerprint density at radius 2 is 1.73 bits per heavy atom. The summed E-state index contributed by atoms with van der Waals surface area (Å²) in [5.41, 5.74) is 10.7. The van der Waals surface area contributed by atoms with E-state index in [0.717, 1.165) is 52.6 Å². The van der Waals surface area contributed by atoms with Crippen LogP contribution >= 0.6 is 0 Å². The number of methoxy groups -OCH3 is 1. The second-order valence-electron chi connectivity index (χ2n) is 12.5. The molecule has 0 bridgehead atoms. The van der Waals surface area contributed by atoms with Crippen LogP contribution in [0.1, 0.15) is 49.6 Å². The smallest absolute Gasteiger partial charge is 0.309 e. The lowest BCUT2D eigenvalue weighted by molar-refractivity contribution is -0.139. The number of hydrogen-bond donors (Lipinski definition) is 1. The second kappa shape index (κ2) is 15.9. The fraction of sp³-hybridized carbons (Fsp3) is 0.486. The van der Waals surface area contributed by atoms with Gasteiger partial charge in [-0.05, 0) is 43.0 Å². The molecule has 0 atom stereocenters. The summed E-state index contributed by atoms with van der Waals surface area (Å²) in [4.78, 5) is 39.2. The van der Waals surface area contributed by atoms with E-state index in [9.17, 15) is 18.0 Å². The SMILES string of the molecule is CCCCc1nc2c(N)nc3ccccc3c2n1CCCN(Cc1ccc(CC(=O)OC)cc1)C(=O)CN1CCCN(S(C)(=O)=O)CC1. The summed E-state index contributed by atoms with van der Waals surface area (Å²) in [5.74, 6) is 1.07. The first-order chi connectivity index (χ1) is 23.1. The van der Waals surface area contributed by atoms with Gasteiger partial charge in [-0.15, -0.1) is 0 Å². The Balaban J connectivity index is 1.37. The summed E-state index contributed by atoms with van der Waals surface area (Å²) in [6, 6.07) is 15.6. The lowest BCUT2D eigenvalue weighted by atomic mass is 10.1. The Kier molecular flexibility index (Phi) is 11.7. The van der Waals surface area contributed by atoms with Gasteiger partial charge in [-0.2, -0.15) is 0 Å². The summed E-state index contributed by atoms with van der Waals surface area (Å²) in [6.45, 7) is 5.92. The number of esters is 1. The third kappa shape index (κ3) is 8.69. The number of nitrogen functional groups attached to an aromatic ring is 1. The van der Waals surface area contributed by atoms with Crippen LogP contribution in [0.15, 0.2) is 48.5 Å². The Bertz CT molecular complexity index is 1840. The monoisotopic (exact) mass is 677 g/mol. The minimum absolute atomic E-state index is 0.0120. The molecule has 13 heteroatoms. The zero-order chi connectivity index (χ0) is 34.3. The maximum absolute atomic E-state index is 13.9. The van der Waals surface area contributed by atoms with Gasteiger partial charge in [0.05, 0.1) is 37.4 Å². The van der Waals surface area contributed by atoms with E-state index in [4.69, 9.17) is 15.5 Å². The van der Waals surface area contributed by atoms with E-state index in [1.165, 1.54) is 17.7 Å². The Morgan fingerprint density at radius 1 is 0.979 bits per heavy atom. The second-order valence-corrected chi connectivity index (χ2v) is 14.5. The largest absolute Gasteiger partial charge is 0.469 e. The van der Waals surface area contributed by atoms with E-state index < -0.39 is 10.0 Å². The first-order valence-corrected chi connectivity index (χ1v) is 18.6. The Hall–Kier alpha value is -4.07. The number of aryl methyl sites for hydroxylation is 2. The third-order valence-electron chi connectivity index (χ3n) is 8.95. The molecule has 48 heavy (non-hydrogen) atoms. The molecule has 3 heterocycles. The van der Waals surface area contributed by atoms with Crippen molar-refractivity contribution in [2.75, 3.05) is 58.4 Å². The molecule has 1 aliphatic heterocycles. The van der Waals surface area contributed by atoms with Crippen LogP contribution in [-0.4, -0.2) is 102 Å². The molecule has 2 aromatic heterocycles. The molecule has 2 N–H and O–H groups in total. The number of ether oxygens (including phenoxy) is 1. The number of carbonyl (C=O) groups excluding carboxylic acids is 2. The van der Waals surface area contributed by atoms with Crippen LogP contribution in [0, 0.1) is 0 Å². The van der Waals surface area contributed by atoms with E-state index in [2.05, 4.69) is 22.5 Å². The van der Waals surface area contributed by atoms with Crippen molar-refractivity contribution in [2.45, 2.75) is 58.5 Å². The molecule has 0 aliphatic carbocycles. The van der Waals surface area contributed by atoms with Crippen molar-refractivity contribution in [1.82, 2.24) is 28.6 Å². The summed E-state index contributed by atoms with van der Waals surface area (Å²) < 4.78 is 32.8. The van der Waals surface area contributed by atoms with Crippen LogP contribution in [-0.2, 0) is 50.3 Å². The van der Waals surface area contributed by atoms with Crippen molar-refractivity contribution in [1.29, 1.82) is 0 Å². The van der Waals surface area contributed by atoms with Gasteiger partial charge in [0, 0.05) is 51.1 Å². The molecule has 0 saturated carbocycles. The Labute approximate surface area is 282 Å². The zero-order valence-corrected chi connectivity index (χ0v) is 29.0. The number of amides is 1. The van der Waals surface area contributed by atoms with Crippen molar-refractivity contribution in [3.63, 3.8) is 0 Å². The van der Waals surface area contributed by atoms with Gasteiger partial charge >= 0.3 is 5.97 Å². The van der Waals surface area contributed by atoms with Crippen molar-refractivity contribution in [2.24, 2.45) is 0 Å². The van der Waals surface area contributed by atoms with Gasteiger partial charge in [0.1, 0.15) is 11.3 Å². The highest BCUT2D eigenvalue weighted by Gasteiger charge is 2.25.